The van der Waals surface area contributed by atoms with Gasteiger partial charge in [0, 0.05) is 18.8 Å². The second-order valence-electron chi connectivity index (χ2n) is 3.33. The lowest BCUT2D eigenvalue weighted by Gasteiger charge is -2.15. The van der Waals surface area contributed by atoms with E-state index in [1.807, 2.05) is 13.0 Å². The molecule has 0 atom stereocenters. The second-order valence-corrected chi connectivity index (χ2v) is 3.33. The molecule has 1 aliphatic heterocycles. The molecule has 0 radical (unpaired) electrons. The maximum Gasteiger partial charge on any atom is 0.128 e. The van der Waals surface area contributed by atoms with E-state index in [0.29, 0.717) is 0 Å². The van der Waals surface area contributed by atoms with Gasteiger partial charge in [-0.25, -0.2) is 4.98 Å². The molecule has 0 unspecified atom stereocenters. The molecule has 3 heteroatoms. The van der Waals surface area contributed by atoms with E-state index in [1.54, 1.807) is 0 Å². The summed E-state index contributed by atoms with van der Waals surface area (Å²) in [6, 6.07) is 6.22. The summed E-state index contributed by atoms with van der Waals surface area (Å²) in [6.45, 7) is 4.40. The lowest BCUT2D eigenvalue weighted by molar-refractivity contribution is 0.929. The summed E-state index contributed by atoms with van der Waals surface area (Å²) in [5, 5.41) is 0. The number of anilines is 1. The highest BCUT2D eigenvalue weighted by Crippen LogP contribution is 2.17. The van der Waals surface area contributed by atoms with E-state index < -0.39 is 0 Å². The number of hydrogen-bond donors (Lipinski definition) is 0. The number of rotatable bonds is 1. The van der Waals surface area contributed by atoms with Gasteiger partial charge < -0.3 is 4.90 Å². The number of aryl methyl sites for hydroxylation is 1. The van der Waals surface area contributed by atoms with Crippen LogP contribution >= 0.6 is 12.4 Å². The standard InChI is InChI=1S/C10H14N2.ClH/c1-9-5-4-6-10(11-9)12-7-2-3-8-12;/h4-6H,2-3,7-8H2,1H3;1H. The van der Waals surface area contributed by atoms with E-state index in [-0.39, 0.29) is 12.4 Å². The van der Waals surface area contributed by atoms with E-state index in [2.05, 4.69) is 22.0 Å². The summed E-state index contributed by atoms with van der Waals surface area (Å²) < 4.78 is 0. The molecule has 0 N–H and O–H groups in total. The van der Waals surface area contributed by atoms with E-state index in [4.69, 9.17) is 0 Å². The summed E-state index contributed by atoms with van der Waals surface area (Å²) in [7, 11) is 0. The van der Waals surface area contributed by atoms with Crippen LogP contribution in [0, 0.1) is 6.92 Å². The largest absolute Gasteiger partial charge is 0.357 e. The van der Waals surface area contributed by atoms with Crippen LogP contribution in [-0.2, 0) is 0 Å². The SMILES string of the molecule is Cc1cccc(N2CCCC2)n1.Cl. The second kappa shape index (κ2) is 4.47. The molecule has 72 valence electrons. The molecule has 2 heterocycles. The molecule has 1 aliphatic rings. The summed E-state index contributed by atoms with van der Waals surface area (Å²) in [5.74, 6) is 1.15. The van der Waals surface area contributed by atoms with Crippen molar-refractivity contribution in [2.75, 3.05) is 18.0 Å². The zero-order valence-electron chi connectivity index (χ0n) is 7.86. The number of nitrogens with zero attached hydrogens (tertiary/aromatic N) is 2. The van der Waals surface area contributed by atoms with E-state index in [1.165, 1.54) is 25.9 Å². The zero-order valence-corrected chi connectivity index (χ0v) is 8.68. The van der Waals surface area contributed by atoms with Gasteiger partial charge in [-0.2, -0.15) is 0 Å². The monoisotopic (exact) mass is 198 g/mol. The molecule has 0 amide bonds. The summed E-state index contributed by atoms with van der Waals surface area (Å²) in [5.41, 5.74) is 1.11. The Balaban J connectivity index is 0.000000845. The third kappa shape index (κ3) is 2.34. The molecule has 1 aromatic rings. The van der Waals surface area contributed by atoms with Gasteiger partial charge in [0.2, 0.25) is 0 Å². The first-order valence-corrected chi connectivity index (χ1v) is 4.55. The van der Waals surface area contributed by atoms with Gasteiger partial charge >= 0.3 is 0 Å². The maximum atomic E-state index is 4.48. The van der Waals surface area contributed by atoms with E-state index in [0.717, 1.165) is 11.5 Å². The van der Waals surface area contributed by atoms with Crippen molar-refractivity contribution in [1.29, 1.82) is 0 Å². The van der Waals surface area contributed by atoms with Gasteiger partial charge in [-0.1, -0.05) is 6.07 Å². The molecule has 2 nitrogen and oxygen atoms in total. The number of aromatic nitrogens is 1. The zero-order chi connectivity index (χ0) is 8.39. The average Bonchev–Trinajstić information content (AvgIpc) is 2.56. The number of hydrogen-bond acceptors (Lipinski definition) is 2. The minimum atomic E-state index is 0. The minimum absolute atomic E-state index is 0. The highest BCUT2D eigenvalue weighted by molar-refractivity contribution is 5.85. The lowest BCUT2D eigenvalue weighted by Crippen LogP contribution is -2.18. The molecule has 1 fully saturated rings. The molecule has 0 spiro atoms. The first-order chi connectivity index (χ1) is 5.86. The summed E-state index contributed by atoms with van der Waals surface area (Å²) in [6.07, 6.45) is 2.63. The Labute approximate surface area is 85.4 Å². The van der Waals surface area contributed by atoms with Crippen molar-refractivity contribution in [2.45, 2.75) is 19.8 Å². The van der Waals surface area contributed by atoms with Crippen molar-refractivity contribution in [2.24, 2.45) is 0 Å². The number of halogens is 1. The van der Waals surface area contributed by atoms with Crippen LogP contribution in [0.5, 0.6) is 0 Å². The molecule has 13 heavy (non-hydrogen) atoms. The molecule has 0 aliphatic carbocycles. The first-order valence-electron chi connectivity index (χ1n) is 4.55. The smallest absolute Gasteiger partial charge is 0.128 e. The van der Waals surface area contributed by atoms with Crippen LogP contribution in [0.15, 0.2) is 18.2 Å². The van der Waals surface area contributed by atoms with Crippen molar-refractivity contribution < 1.29 is 0 Å². The van der Waals surface area contributed by atoms with Crippen LogP contribution in [0.25, 0.3) is 0 Å². The third-order valence-corrected chi connectivity index (χ3v) is 2.30. The Bertz CT molecular complexity index is 269. The normalized spacial score (nSPS) is 15.6. The Hall–Kier alpha value is -0.760. The fraction of sp³-hybridized carbons (Fsp3) is 0.500. The summed E-state index contributed by atoms with van der Waals surface area (Å²) >= 11 is 0. The predicted octanol–water partition coefficient (Wildman–Crippen LogP) is 2.41. The van der Waals surface area contributed by atoms with Crippen molar-refractivity contribution in [3.05, 3.63) is 23.9 Å². The maximum absolute atomic E-state index is 4.48. The van der Waals surface area contributed by atoms with Crippen LogP contribution in [0.4, 0.5) is 5.82 Å². The summed E-state index contributed by atoms with van der Waals surface area (Å²) in [4.78, 5) is 6.84. The van der Waals surface area contributed by atoms with Crippen LogP contribution < -0.4 is 4.90 Å². The van der Waals surface area contributed by atoms with Crippen molar-refractivity contribution in [3.63, 3.8) is 0 Å². The van der Waals surface area contributed by atoms with Gasteiger partial charge in [0.15, 0.2) is 0 Å². The predicted molar refractivity (Wildman–Crippen MR) is 57.7 cm³/mol. The van der Waals surface area contributed by atoms with Crippen molar-refractivity contribution in [1.82, 2.24) is 4.98 Å². The molecular weight excluding hydrogens is 184 g/mol. The van der Waals surface area contributed by atoms with E-state index in [9.17, 15) is 0 Å². The van der Waals surface area contributed by atoms with Gasteiger partial charge in [0.1, 0.15) is 5.82 Å². The Morgan fingerprint density at radius 2 is 1.92 bits per heavy atom. The first kappa shape index (κ1) is 10.3. The Morgan fingerprint density at radius 1 is 1.23 bits per heavy atom. The van der Waals surface area contributed by atoms with Crippen LogP contribution in [0.2, 0.25) is 0 Å². The minimum Gasteiger partial charge on any atom is -0.357 e. The van der Waals surface area contributed by atoms with Gasteiger partial charge in [-0.3, -0.25) is 0 Å². The van der Waals surface area contributed by atoms with Gasteiger partial charge in [-0.15, -0.1) is 12.4 Å². The fourth-order valence-corrected chi connectivity index (χ4v) is 1.65. The average molecular weight is 199 g/mol. The van der Waals surface area contributed by atoms with Crippen LogP contribution in [-0.4, -0.2) is 18.1 Å². The topological polar surface area (TPSA) is 16.1 Å². The fourth-order valence-electron chi connectivity index (χ4n) is 1.65. The molecule has 0 saturated carbocycles. The lowest BCUT2D eigenvalue weighted by atomic mass is 10.3. The molecule has 1 aromatic heterocycles. The highest BCUT2D eigenvalue weighted by atomic mass is 35.5. The number of pyridine rings is 1. The van der Waals surface area contributed by atoms with Crippen LogP contribution in [0.1, 0.15) is 18.5 Å². The Morgan fingerprint density at radius 3 is 2.54 bits per heavy atom. The third-order valence-electron chi connectivity index (χ3n) is 2.30. The van der Waals surface area contributed by atoms with Crippen molar-refractivity contribution >= 4 is 18.2 Å². The molecule has 0 aromatic carbocycles. The van der Waals surface area contributed by atoms with Gasteiger partial charge in [-0.05, 0) is 31.9 Å². The molecule has 1 saturated heterocycles. The highest BCUT2D eigenvalue weighted by Gasteiger charge is 2.12. The quantitative estimate of drug-likeness (QED) is 0.689. The van der Waals surface area contributed by atoms with Gasteiger partial charge in [0.05, 0.1) is 0 Å². The molecule has 0 bridgehead atoms. The van der Waals surface area contributed by atoms with Crippen LogP contribution in [0.3, 0.4) is 0 Å². The Kier molecular flexibility index (Phi) is 3.55. The van der Waals surface area contributed by atoms with Crippen molar-refractivity contribution in [3.8, 4) is 0 Å². The van der Waals surface area contributed by atoms with E-state index >= 15 is 0 Å². The van der Waals surface area contributed by atoms with Gasteiger partial charge in [0.25, 0.3) is 0 Å². The molecular formula is C10H15ClN2. The molecule has 2 rings (SSSR count).